The van der Waals surface area contributed by atoms with Crippen molar-refractivity contribution in [3.63, 3.8) is 0 Å². The zero-order valence-electron chi connectivity index (χ0n) is 13.0. The molecule has 0 aliphatic rings. The maximum atomic E-state index is 2.37. The van der Waals surface area contributed by atoms with Gasteiger partial charge < -0.3 is 9.47 Å². The van der Waals surface area contributed by atoms with Crippen LogP contribution in [-0.4, -0.2) is 30.1 Å². The first-order chi connectivity index (χ1) is 10.1. The fourth-order valence-electron chi connectivity index (χ4n) is 2.72. The van der Waals surface area contributed by atoms with E-state index in [-0.39, 0.29) is 0 Å². The molecule has 0 N–H and O–H groups in total. The second-order valence-electron chi connectivity index (χ2n) is 5.92. The standard InChI is InChI=1S/C19H22N2/c1-15-7-9-16(10-8-15)18-6-4-5-17-11-12-21(19(17)18)14-13-20(2)3/h4-12H,13-14H2,1-3H3. The van der Waals surface area contributed by atoms with Crippen LogP contribution in [0, 0.1) is 6.92 Å². The van der Waals surface area contributed by atoms with Crippen molar-refractivity contribution in [3.05, 3.63) is 60.3 Å². The number of benzene rings is 2. The quantitative estimate of drug-likeness (QED) is 0.695. The van der Waals surface area contributed by atoms with Crippen molar-refractivity contribution in [2.45, 2.75) is 13.5 Å². The van der Waals surface area contributed by atoms with E-state index in [0.717, 1.165) is 13.1 Å². The maximum Gasteiger partial charge on any atom is 0.0560 e. The van der Waals surface area contributed by atoms with Crippen molar-refractivity contribution in [2.75, 3.05) is 20.6 Å². The Kier molecular flexibility index (Phi) is 3.80. The highest BCUT2D eigenvalue weighted by atomic mass is 15.1. The summed E-state index contributed by atoms with van der Waals surface area (Å²) in [5.41, 5.74) is 5.24. The summed E-state index contributed by atoms with van der Waals surface area (Å²) in [5.74, 6) is 0. The van der Waals surface area contributed by atoms with E-state index in [0.29, 0.717) is 0 Å². The maximum absolute atomic E-state index is 2.37. The largest absolute Gasteiger partial charge is 0.346 e. The van der Waals surface area contributed by atoms with Gasteiger partial charge in [-0.2, -0.15) is 0 Å². The molecule has 0 aliphatic carbocycles. The van der Waals surface area contributed by atoms with Crippen LogP contribution in [0.5, 0.6) is 0 Å². The third-order valence-electron chi connectivity index (χ3n) is 3.94. The second-order valence-corrected chi connectivity index (χ2v) is 5.92. The smallest absolute Gasteiger partial charge is 0.0560 e. The van der Waals surface area contributed by atoms with E-state index >= 15 is 0 Å². The molecule has 1 aromatic heterocycles. The van der Waals surface area contributed by atoms with Gasteiger partial charge in [0.05, 0.1) is 5.52 Å². The summed E-state index contributed by atoms with van der Waals surface area (Å²) >= 11 is 0. The van der Waals surface area contributed by atoms with Gasteiger partial charge in [-0.25, -0.2) is 0 Å². The molecule has 0 fully saturated rings. The number of fused-ring (bicyclic) bond motifs is 1. The molecular formula is C19H22N2. The van der Waals surface area contributed by atoms with Crippen LogP contribution in [0.4, 0.5) is 0 Å². The Hall–Kier alpha value is -2.06. The third-order valence-corrected chi connectivity index (χ3v) is 3.94. The molecule has 0 bridgehead atoms. The average molecular weight is 278 g/mol. The number of aryl methyl sites for hydroxylation is 1. The Morgan fingerprint density at radius 3 is 2.43 bits per heavy atom. The van der Waals surface area contributed by atoms with Gasteiger partial charge in [0, 0.05) is 30.2 Å². The summed E-state index contributed by atoms with van der Waals surface area (Å²) in [5, 5.41) is 1.31. The van der Waals surface area contributed by atoms with Gasteiger partial charge in [0.15, 0.2) is 0 Å². The second kappa shape index (κ2) is 5.74. The number of nitrogens with zero attached hydrogens (tertiary/aromatic N) is 2. The Bertz CT molecular complexity index is 736. The Morgan fingerprint density at radius 1 is 0.952 bits per heavy atom. The van der Waals surface area contributed by atoms with Crippen LogP contribution in [0.1, 0.15) is 5.56 Å². The summed E-state index contributed by atoms with van der Waals surface area (Å²) in [4.78, 5) is 2.22. The number of rotatable bonds is 4. The van der Waals surface area contributed by atoms with E-state index < -0.39 is 0 Å². The Balaban J connectivity index is 2.09. The van der Waals surface area contributed by atoms with Crippen LogP contribution in [0.3, 0.4) is 0 Å². The number of hydrogen-bond donors (Lipinski definition) is 0. The van der Waals surface area contributed by atoms with Gasteiger partial charge in [0.1, 0.15) is 0 Å². The van der Waals surface area contributed by atoms with Gasteiger partial charge in [-0.15, -0.1) is 0 Å². The molecule has 0 saturated carbocycles. The molecule has 1 heterocycles. The van der Waals surface area contributed by atoms with E-state index in [9.17, 15) is 0 Å². The van der Waals surface area contributed by atoms with Crippen molar-refractivity contribution >= 4 is 10.9 Å². The molecule has 2 aromatic carbocycles. The van der Waals surface area contributed by atoms with Gasteiger partial charge in [0.2, 0.25) is 0 Å². The molecule has 0 unspecified atom stereocenters. The molecule has 0 aliphatic heterocycles. The van der Waals surface area contributed by atoms with Crippen LogP contribution in [0.15, 0.2) is 54.7 Å². The zero-order chi connectivity index (χ0) is 14.8. The lowest BCUT2D eigenvalue weighted by molar-refractivity contribution is 0.387. The highest BCUT2D eigenvalue weighted by Crippen LogP contribution is 2.29. The van der Waals surface area contributed by atoms with E-state index in [1.807, 2.05) is 0 Å². The normalized spacial score (nSPS) is 11.4. The molecule has 0 amide bonds. The Labute approximate surface area is 126 Å². The monoisotopic (exact) mass is 278 g/mol. The number of para-hydroxylation sites is 1. The summed E-state index contributed by atoms with van der Waals surface area (Å²) in [6.45, 7) is 4.19. The summed E-state index contributed by atoms with van der Waals surface area (Å²) in [6, 6.07) is 17.6. The first-order valence-corrected chi connectivity index (χ1v) is 7.45. The number of likely N-dealkylation sites (N-methyl/N-ethyl adjacent to an activating group) is 1. The summed E-state index contributed by atoms with van der Waals surface area (Å²) in [7, 11) is 4.24. The lowest BCUT2D eigenvalue weighted by Gasteiger charge is -2.13. The Morgan fingerprint density at radius 2 is 1.71 bits per heavy atom. The molecule has 21 heavy (non-hydrogen) atoms. The lowest BCUT2D eigenvalue weighted by Crippen LogP contribution is -2.18. The average Bonchev–Trinajstić information content (AvgIpc) is 2.89. The molecule has 3 aromatic rings. The van der Waals surface area contributed by atoms with Crippen molar-refractivity contribution in [3.8, 4) is 11.1 Å². The molecule has 108 valence electrons. The van der Waals surface area contributed by atoms with E-state index in [1.54, 1.807) is 0 Å². The first kappa shape index (κ1) is 13.9. The fourth-order valence-corrected chi connectivity index (χ4v) is 2.72. The number of aromatic nitrogens is 1. The van der Waals surface area contributed by atoms with Gasteiger partial charge in [-0.3, -0.25) is 0 Å². The molecule has 2 heteroatoms. The number of hydrogen-bond acceptors (Lipinski definition) is 1. The highest BCUT2D eigenvalue weighted by molar-refractivity contribution is 5.94. The molecule has 2 nitrogen and oxygen atoms in total. The SMILES string of the molecule is Cc1ccc(-c2cccc3ccn(CCN(C)C)c23)cc1. The van der Waals surface area contributed by atoms with Crippen LogP contribution >= 0.6 is 0 Å². The minimum atomic E-state index is 1.01. The fraction of sp³-hybridized carbons (Fsp3) is 0.263. The zero-order valence-corrected chi connectivity index (χ0v) is 13.0. The van der Waals surface area contributed by atoms with Gasteiger partial charge in [-0.05, 0) is 32.6 Å². The molecule has 3 rings (SSSR count). The van der Waals surface area contributed by atoms with Crippen LogP contribution in [0.2, 0.25) is 0 Å². The van der Waals surface area contributed by atoms with E-state index in [4.69, 9.17) is 0 Å². The van der Waals surface area contributed by atoms with Crippen molar-refractivity contribution < 1.29 is 0 Å². The van der Waals surface area contributed by atoms with Gasteiger partial charge >= 0.3 is 0 Å². The molecule has 0 saturated heterocycles. The predicted molar refractivity (Wildman–Crippen MR) is 90.7 cm³/mol. The topological polar surface area (TPSA) is 8.17 Å². The first-order valence-electron chi connectivity index (χ1n) is 7.45. The molecule has 0 atom stereocenters. The summed E-state index contributed by atoms with van der Waals surface area (Å²) < 4.78 is 2.37. The van der Waals surface area contributed by atoms with Crippen molar-refractivity contribution in [2.24, 2.45) is 0 Å². The molecule has 0 radical (unpaired) electrons. The minimum Gasteiger partial charge on any atom is -0.346 e. The van der Waals surface area contributed by atoms with Gasteiger partial charge in [0.25, 0.3) is 0 Å². The predicted octanol–water partition coefficient (Wildman–Crippen LogP) is 4.18. The lowest BCUT2D eigenvalue weighted by atomic mass is 10.0. The molecule has 0 spiro atoms. The van der Waals surface area contributed by atoms with Crippen LogP contribution < -0.4 is 0 Å². The third kappa shape index (κ3) is 2.86. The minimum absolute atomic E-state index is 1.01. The molecular weight excluding hydrogens is 256 g/mol. The summed E-state index contributed by atoms with van der Waals surface area (Å²) in [6.07, 6.45) is 2.20. The van der Waals surface area contributed by atoms with Crippen LogP contribution in [0.25, 0.3) is 22.0 Å². The van der Waals surface area contributed by atoms with Crippen LogP contribution in [-0.2, 0) is 6.54 Å². The van der Waals surface area contributed by atoms with Gasteiger partial charge in [-0.1, -0.05) is 48.0 Å². The highest BCUT2D eigenvalue weighted by Gasteiger charge is 2.08. The van der Waals surface area contributed by atoms with E-state index in [1.165, 1.54) is 27.6 Å². The van der Waals surface area contributed by atoms with Crippen molar-refractivity contribution in [1.29, 1.82) is 0 Å². The van der Waals surface area contributed by atoms with E-state index in [2.05, 4.69) is 85.2 Å². The van der Waals surface area contributed by atoms with Crippen molar-refractivity contribution in [1.82, 2.24) is 9.47 Å².